The predicted octanol–water partition coefficient (Wildman–Crippen LogP) is 3.94. The Morgan fingerprint density at radius 3 is 2.60 bits per heavy atom. The highest BCUT2D eigenvalue weighted by Gasteiger charge is 2.28. The lowest BCUT2D eigenvalue weighted by Gasteiger charge is -2.15. The van der Waals surface area contributed by atoms with Crippen LogP contribution in [0.2, 0.25) is 0 Å². The second-order valence-corrected chi connectivity index (χ2v) is 4.87. The highest BCUT2D eigenvalue weighted by Crippen LogP contribution is 2.34. The first kappa shape index (κ1) is 10.9. The summed E-state index contributed by atoms with van der Waals surface area (Å²) in [5.41, 5.74) is 0.245. The van der Waals surface area contributed by atoms with Crippen LogP contribution in [0.1, 0.15) is 19.8 Å². The van der Waals surface area contributed by atoms with Gasteiger partial charge in [-0.25, -0.2) is 8.78 Å². The summed E-state index contributed by atoms with van der Waals surface area (Å²) in [5.74, 6) is -0.256. The third kappa shape index (κ3) is 2.48. The molecule has 0 amide bonds. The molecule has 0 saturated heterocycles. The monoisotopic (exact) mass is 275 g/mol. The Bertz CT molecular complexity index is 377. The van der Waals surface area contributed by atoms with E-state index in [2.05, 4.69) is 21.2 Å². The Labute approximate surface area is 96.0 Å². The van der Waals surface area contributed by atoms with Crippen LogP contribution in [0.25, 0.3) is 0 Å². The van der Waals surface area contributed by atoms with Gasteiger partial charge in [0, 0.05) is 12.1 Å². The van der Waals surface area contributed by atoms with Crippen LogP contribution >= 0.6 is 15.9 Å². The Hall–Kier alpha value is -0.640. The fourth-order valence-corrected chi connectivity index (χ4v) is 1.91. The molecule has 4 heteroatoms. The quantitative estimate of drug-likeness (QED) is 0.824. The minimum Gasteiger partial charge on any atom is -0.380 e. The first-order chi connectivity index (χ1) is 7.08. The second-order valence-electron chi connectivity index (χ2n) is 4.02. The molecule has 0 spiro atoms. The van der Waals surface area contributed by atoms with Crippen LogP contribution in [0.3, 0.4) is 0 Å². The van der Waals surface area contributed by atoms with Gasteiger partial charge in [-0.2, -0.15) is 0 Å². The molecule has 1 saturated carbocycles. The maximum atomic E-state index is 13.4. The summed E-state index contributed by atoms with van der Waals surface area (Å²) in [5, 5.41) is 3.00. The van der Waals surface area contributed by atoms with E-state index in [-0.39, 0.29) is 16.2 Å². The van der Waals surface area contributed by atoms with Crippen molar-refractivity contribution in [1.29, 1.82) is 0 Å². The van der Waals surface area contributed by atoms with E-state index in [0.29, 0.717) is 5.92 Å². The molecule has 1 aromatic rings. The van der Waals surface area contributed by atoms with Gasteiger partial charge in [-0.15, -0.1) is 0 Å². The van der Waals surface area contributed by atoms with Gasteiger partial charge in [0.25, 0.3) is 0 Å². The van der Waals surface area contributed by atoms with Crippen LogP contribution in [-0.2, 0) is 0 Å². The van der Waals surface area contributed by atoms with Gasteiger partial charge in [-0.3, -0.25) is 0 Å². The minimum absolute atomic E-state index is 0.157. The van der Waals surface area contributed by atoms with E-state index in [1.807, 2.05) is 6.92 Å². The molecular formula is C11H12BrF2N. The largest absolute Gasteiger partial charge is 0.380 e. The molecule has 1 aliphatic carbocycles. The van der Waals surface area contributed by atoms with Crippen molar-refractivity contribution in [2.24, 2.45) is 5.92 Å². The minimum atomic E-state index is -0.443. The van der Waals surface area contributed by atoms with Crippen LogP contribution in [-0.4, -0.2) is 6.04 Å². The molecule has 1 nitrogen and oxygen atoms in total. The highest BCUT2D eigenvalue weighted by atomic mass is 79.9. The van der Waals surface area contributed by atoms with Crippen LogP contribution in [0.5, 0.6) is 0 Å². The average Bonchev–Trinajstić information content (AvgIpc) is 2.97. The maximum absolute atomic E-state index is 13.4. The van der Waals surface area contributed by atoms with E-state index < -0.39 is 11.6 Å². The number of nitrogens with one attached hydrogen (secondary N) is 1. The van der Waals surface area contributed by atoms with Crippen molar-refractivity contribution in [2.75, 3.05) is 5.32 Å². The van der Waals surface area contributed by atoms with Crippen LogP contribution in [0, 0.1) is 17.6 Å². The van der Waals surface area contributed by atoms with Gasteiger partial charge in [0.05, 0.1) is 10.2 Å². The molecular weight excluding hydrogens is 264 g/mol. The third-order valence-electron chi connectivity index (χ3n) is 2.72. The molecule has 82 valence electrons. The molecule has 15 heavy (non-hydrogen) atoms. The van der Waals surface area contributed by atoms with Crippen molar-refractivity contribution in [3.05, 3.63) is 28.2 Å². The van der Waals surface area contributed by atoms with Gasteiger partial charge < -0.3 is 5.32 Å². The molecule has 0 heterocycles. The molecule has 0 aliphatic heterocycles. The zero-order chi connectivity index (χ0) is 11.0. The molecule has 1 N–H and O–H groups in total. The predicted molar refractivity (Wildman–Crippen MR) is 59.9 cm³/mol. The Kier molecular flexibility index (Phi) is 2.96. The summed E-state index contributed by atoms with van der Waals surface area (Å²) in [6.07, 6.45) is 2.35. The Morgan fingerprint density at radius 2 is 2.00 bits per heavy atom. The lowest BCUT2D eigenvalue weighted by atomic mass is 10.2. The van der Waals surface area contributed by atoms with Gasteiger partial charge in [0.2, 0.25) is 0 Å². The lowest BCUT2D eigenvalue weighted by molar-refractivity contribution is 0.591. The van der Waals surface area contributed by atoms with Crippen LogP contribution in [0.15, 0.2) is 16.6 Å². The summed E-state index contributed by atoms with van der Waals surface area (Å²) in [4.78, 5) is 0. The topological polar surface area (TPSA) is 12.0 Å². The molecule has 0 radical (unpaired) electrons. The van der Waals surface area contributed by atoms with Crippen molar-refractivity contribution in [1.82, 2.24) is 0 Å². The summed E-state index contributed by atoms with van der Waals surface area (Å²) < 4.78 is 26.7. The van der Waals surface area contributed by atoms with Crippen molar-refractivity contribution in [3.8, 4) is 0 Å². The first-order valence-corrected chi connectivity index (χ1v) is 5.78. The smallest absolute Gasteiger partial charge is 0.147 e. The summed E-state index contributed by atoms with van der Waals surface area (Å²) in [6.45, 7) is 2.00. The van der Waals surface area contributed by atoms with E-state index in [1.165, 1.54) is 18.9 Å². The van der Waals surface area contributed by atoms with Crippen LogP contribution < -0.4 is 5.32 Å². The zero-order valence-electron chi connectivity index (χ0n) is 8.36. The Balaban J connectivity index is 2.16. The highest BCUT2D eigenvalue weighted by molar-refractivity contribution is 9.10. The van der Waals surface area contributed by atoms with E-state index >= 15 is 0 Å². The first-order valence-electron chi connectivity index (χ1n) is 4.99. The number of halogens is 3. The summed E-state index contributed by atoms with van der Waals surface area (Å²) in [6, 6.07) is 2.55. The molecule has 1 atom stereocenters. The molecule has 0 bridgehead atoms. The maximum Gasteiger partial charge on any atom is 0.147 e. The number of hydrogen-bond acceptors (Lipinski definition) is 1. The number of hydrogen-bond donors (Lipinski definition) is 1. The fourth-order valence-electron chi connectivity index (χ4n) is 1.59. The number of anilines is 1. The molecule has 1 aromatic carbocycles. The van der Waals surface area contributed by atoms with Gasteiger partial charge in [-0.05, 0) is 47.7 Å². The summed E-state index contributed by atoms with van der Waals surface area (Å²) >= 11 is 2.94. The van der Waals surface area contributed by atoms with E-state index in [1.54, 1.807) is 0 Å². The van der Waals surface area contributed by atoms with E-state index in [9.17, 15) is 8.78 Å². The van der Waals surface area contributed by atoms with Crippen LogP contribution in [0.4, 0.5) is 14.5 Å². The fraction of sp³-hybridized carbons (Fsp3) is 0.455. The standard InChI is InChI=1S/C11H12BrF2N/c1-6(7-2-3-7)15-11-5-9(13)8(12)4-10(11)14/h4-7,15H,2-3H2,1H3. The SMILES string of the molecule is CC(Nc1cc(F)c(Br)cc1F)C1CC1. The van der Waals surface area contributed by atoms with E-state index in [0.717, 1.165) is 6.07 Å². The second kappa shape index (κ2) is 4.08. The van der Waals surface area contributed by atoms with Crippen molar-refractivity contribution < 1.29 is 8.78 Å². The normalized spacial score (nSPS) is 17.6. The zero-order valence-corrected chi connectivity index (χ0v) is 9.94. The van der Waals surface area contributed by atoms with Crippen molar-refractivity contribution >= 4 is 21.6 Å². The Morgan fingerprint density at radius 1 is 1.33 bits per heavy atom. The molecule has 1 aliphatic rings. The van der Waals surface area contributed by atoms with Gasteiger partial charge in [0.1, 0.15) is 11.6 Å². The van der Waals surface area contributed by atoms with E-state index in [4.69, 9.17) is 0 Å². The lowest BCUT2D eigenvalue weighted by Crippen LogP contribution is -2.18. The van der Waals surface area contributed by atoms with Gasteiger partial charge >= 0.3 is 0 Å². The van der Waals surface area contributed by atoms with Gasteiger partial charge in [0.15, 0.2) is 0 Å². The van der Waals surface area contributed by atoms with Crippen molar-refractivity contribution in [2.45, 2.75) is 25.8 Å². The molecule has 1 unspecified atom stereocenters. The average molecular weight is 276 g/mol. The molecule has 0 aromatic heterocycles. The number of rotatable bonds is 3. The molecule has 1 fully saturated rings. The molecule has 2 rings (SSSR count). The van der Waals surface area contributed by atoms with Gasteiger partial charge in [-0.1, -0.05) is 0 Å². The van der Waals surface area contributed by atoms with Crippen molar-refractivity contribution in [3.63, 3.8) is 0 Å². The number of benzene rings is 1. The summed E-state index contributed by atoms with van der Waals surface area (Å²) in [7, 11) is 0. The third-order valence-corrected chi connectivity index (χ3v) is 3.33.